The van der Waals surface area contributed by atoms with Gasteiger partial charge in [0.2, 0.25) is 5.69 Å². The first kappa shape index (κ1) is 48.8. The van der Waals surface area contributed by atoms with Crippen LogP contribution in [0.2, 0.25) is 0 Å². The highest BCUT2D eigenvalue weighted by Crippen LogP contribution is 2.57. The molecule has 0 radical (unpaired) electrons. The molecule has 0 bridgehead atoms. The van der Waals surface area contributed by atoms with Gasteiger partial charge in [-0.2, -0.15) is 5.26 Å². The van der Waals surface area contributed by atoms with E-state index in [9.17, 15) is 11.8 Å². The molecule has 0 fully saturated rings. The molecule has 19 aromatic rings. The Morgan fingerprint density at radius 2 is 0.670 bits per heavy atom. The molecule has 0 aliphatic rings. The second-order valence-corrected chi connectivity index (χ2v) is 24.8. The zero-order chi connectivity index (χ0) is 57.9. The molecule has 0 atom stereocenters. The average molecular weight is 1150 g/mol. The molecule has 0 aliphatic heterocycles. The van der Waals surface area contributed by atoms with Gasteiger partial charge >= 0.3 is 0 Å². The molecule has 0 saturated heterocycles. The van der Waals surface area contributed by atoms with Crippen LogP contribution in [0.15, 0.2) is 267 Å². The van der Waals surface area contributed by atoms with Crippen molar-refractivity contribution in [2.75, 3.05) is 0 Å². The quantitative estimate of drug-likeness (QED) is 0.153. The maximum Gasteiger partial charge on any atom is 0.220 e. The second kappa shape index (κ2) is 18.5. The lowest BCUT2D eigenvalue weighted by Gasteiger charge is -2.26. The molecular formula is C80H44N6S2. The summed E-state index contributed by atoms with van der Waals surface area (Å²) in [6.45, 7) is 10.1. The lowest BCUT2D eigenvalue weighted by molar-refractivity contribution is 1.14. The van der Waals surface area contributed by atoms with E-state index in [-0.39, 0.29) is 0 Å². The second-order valence-electron chi connectivity index (χ2n) is 22.7. The highest BCUT2D eigenvalue weighted by Gasteiger charge is 2.35. The largest absolute Gasteiger partial charge is 0.318 e. The number of aromatic nitrogens is 4. The maximum atomic E-state index is 12.9. The Labute approximate surface area is 511 Å². The molecule has 6 nitrogen and oxygen atoms in total. The Morgan fingerprint density at radius 3 is 1.12 bits per heavy atom. The SMILES string of the molecule is [C-]#[N+]c1c(-c2cccc3c2c2ccccc2n3-c2ccccc2)c(C#N)c(-n2c3ccccc3c3c4sc5ccccc5c4ccc32)c(-c2cccc3c2c2ccccc2n3-c2ccccc2)c1-n1c2ccccc2c2c3sc4ccccc4c3ccc21. The monoisotopic (exact) mass is 1150 g/mol. The van der Waals surface area contributed by atoms with Gasteiger partial charge in [0.1, 0.15) is 6.07 Å². The number of fused-ring (bicyclic) bond motifs is 20. The molecule has 0 spiro atoms. The number of para-hydroxylation sites is 6. The predicted octanol–water partition coefficient (Wildman–Crippen LogP) is 22.6. The smallest absolute Gasteiger partial charge is 0.220 e. The van der Waals surface area contributed by atoms with Crippen LogP contribution in [-0.4, -0.2) is 18.3 Å². The van der Waals surface area contributed by atoms with Crippen LogP contribution in [0.3, 0.4) is 0 Å². The summed E-state index contributed by atoms with van der Waals surface area (Å²) in [7, 11) is 0. The molecule has 6 heterocycles. The van der Waals surface area contributed by atoms with E-state index in [1.807, 2.05) is 22.7 Å². The molecule has 0 saturated carbocycles. The van der Waals surface area contributed by atoms with Crippen LogP contribution in [0, 0.1) is 17.9 Å². The van der Waals surface area contributed by atoms with Gasteiger partial charge in [-0.3, -0.25) is 0 Å². The molecule has 88 heavy (non-hydrogen) atoms. The van der Waals surface area contributed by atoms with Gasteiger partial charge in [-0.1, -0.05) is 182 Å². The highest BCUT2D eigenvalue weighted by atomic mass is 32.1. The molecule has 0 amide bonds. The van der Waals surface area contributed by atoms with E-state index >= 15 is 0 Å². The van der Waals surface area contributed by atoms with Gasteiger partial charge in [0.15, 0.2) is 0 Å². The summed E-state index contributed by atoms with van der Waals surface area (Å²) >= 11 is 3.64. The van der Waals surface area contributed by atoms with Crippen molar-refractivity contribution in [3.05, 3.63) is 284 Å². The van der Waals surface area contributed by atoms with Crippen LogP contribution in [0.5, 0.6) is 0 Å². The number of nitriles is 1. The summed E-state index contributed by atoms with van der Waals surface area (Å²) in [4.78, 5) is 4.93. The van der Waals surface area contributed by atoms with Crippen LogP contribution in [0.4, 0.5) is 5.69 Å². The summed E-state index contributed by atoms with van der Waals surface area (Å²) in [5.74, 6) is 0. The average Bonchev–Trinajstić information content (AvgIpc) is 1.67. The van der Waals surface area contributed by atoms with Gasteiger partial charge in [0.25, 0.3) is 0 Å². The number of thiophene rings is 2. The van der Waals surface area contributed by atoms with E-state index in [4.69, 9.17) is 4.85 Å². The third-order valence-corrected chi connectivity index (χ3v) is 20.8. The van der Waals surface area contributed by atoms with E-state index in [1.165, 1.54) is 40.3 Å². The molecule has 0 N–H and O–H groups in total. The molecule has 406 valence electrons. The minimum absolute atomic E-state index is 0.384. The van der Waals surface area contributed by atoms with E-state index in [2.05, 4.69) is 291 Å². The minimum Gasteiger partial charge on any atom is -0.318 e. The van der Waals surface area contributed by atoms with Crippen molar-refractivity contribution in [2.24, 2.45) is 0 Å². The van der Waals surface area contributed by atoms with Crippen LogP contribution < -0.4 is 0 Å². The fraction of sp³-hybridized carbons (Fsp3) is 0. The fourth-order valence-corrected chi connectivity index (χ4v) is 17.5. The Morgan fingerprint density at radius 1 is 0.307 bits per heavy atom. The molecule has 8 heteroatoms. The summed E-state index contributed by atoms with van der Waals surface area (Å²) in [5.41, 5.74) is 15.2. The van der Waals surface area contributed by atoms with E-state index in [0.717, 1.165) is 115 Å². The zero-order valence-electron chi connectivity index (χ0n) is 46.9. The van der Waals surface area contributed by atoms with Gasteiger partial charge < -0.3 is 18.3 Å². The summed E-state index contributed by atoms with van der Waals surface area (Å²) < 4.78 is 14.3. The van der Waals surface area contributed by atoms with Crippen molar-refractivity contribution < 1.29 is 0 Å². The van der Waals surface area contributed by atoms with Crippen molar-refractivity contribution in [3.63, 3.8) is 0 Å². The third kappa shape index (κ3) is 6.51. The van der Waals surface area contributed by atoms with Gasteiger partial charge in [0, 0.05) is 106 Å². The molecule has 19 rings (SSSR count). The van der Waals surface area contributed by atoms with Crippen molar-refractivity contribution in [1.82, 2.24) is 18.3 Å². The Balaban J connectivity index is 1.10. The number of hydrogen-bond donors (Lipinski definition) is 0. The molecular weight excluding hydrogens is 1110 g/mol. The van der Waals surface area contributed by atoms with E-state index in [1.54, 1.807) is 0 Å². The van der Waals surface area contributed by atoms with Gasteiger partial charge in [-0.15, -0.1) is 22.7 Å². The van der Waals surface area contributed by atoms with Crippen LogP contribution in [0.1, 0.15) is 5.56 Å². The standard InChI is InChI=1S/C80H44N6S2/c1-82-76-72(57-32-20-38-64-70(57)53-28-8-14-34-60(53)83(64)47-22-4-2-5-23-47)59(46-81)77(85-62-36-16-10-30-55(62)73-66(85)44-42-51-49-26-12-18-40-68(49)87-79(51)73)75(58-33-21-39-65-71(58)54-29-9-15-35-61(54)84(65)48-24-6-3-7-25-48)78(76)86-63-37-17-11-31-56(63)74-67(86)45-43-52-50-27-13-19-41-69(50)88-80(52)74/h2-45H. The lowest BCUT2D eigenvalue weighted by atomic mass is 9.86. The Hall–Kier alpha value is -11.5. The predicted molar refractivity (Wildman–Crippen MR) is 371 cm³/mol. The number of rotatable bonds is 6. The summed E-state index contributed by atoms with van der Waals surface area (Å²) in [6, 6.07) is 98.4. The highest BCUT2D eigenvalue weighted by molar-refractivity contribution is 7.27. The van der Waals surface area contributed by atoms with Crippen LogP contribution in [-0.2, 0) is 0 Å². The number of hydrogen-bond acceptors (Lipinski definition) is 3. The minimum atomic E-state index is 0.384. The summed E-state index contributed by atoms with van der Waals surface area (Å²) in [6.07, 6.45) is 0. The fourth-order valence-electron chi connectivity index (χ4n) is 15.0. The molecule has 0 unspecified atom stereocenters. The van der Waals surface area contributed by atoms with Gasteiger partial charge in [-0.25, -0.2) is 4.85 Å². The molecule has 13 aromatic carbocycles. The maximum absolute atomic E-state index is 12.9. The van der Waals surface area contributed by atoms with Crippen molar-refractivity contribution >= 4 is 156 Å². The molecule has 0 aliphatic carbocycles. The number of nitrogens with zero attached hydrogens (tertiary/aromatic N) is 6. The van der Waals surface area contributed by atoms with Crippen molar-refractivity contribution in [1.29, 1.82) is 5.26 Å². The third-order valence-electron chi connectivity index (χ3n) is 18.4. The van der Waals surface area contributed by atoms with Crippen molar-refractivity contribution in [2.45, 2.75) is 0 Å². The van der Waals surface area contributed by atoms with Crippen LogP contribution >= 0.6 is 22.7 Å². The van der Waals surface area contributed by atoms with E-state index < -0.39 is 0 Å². The van der Waals surface area contributed by atoms with Crippen molar-refractivity contribution in [3.8, 4) is 51.1 Å². The zero-order valence-corrected chi connectivity index (χ0v) is 48.5. The first-order valence-electron chi connectivity index (χ1n) is 29.5. The van der Waals surface area contributed by atoms with E-state index in [0.29, 0.717) is 28.2 Å². The van der Waals surface area contributed by atoms with Gasteiger partial charge in [0.05, 0.1) is 67.6 Å². The first-order valence-corrected chi connectivity index (χ1v) is 31.1. The molecule has 6 aromatic heterocycles. The van der Waals surface area contributed by atoms with Crippen LogP contribution in [0.25, 0.3) is 177 Å². The number of benzene rings is 13. The Bertz CT molecular complexity index is 6100. The lowest BCUT2D eigenvalue weighted by Crippen LogP contribution is -2.09. The summed E-state index contributed by atoms with van der Waals surface area (Å²) in [5, 5.41) is 26.2. The van der Waals surface area contributed by atoms with Gasteiger partial charge in [-0.05, 0) is 96.1 Å². The first-order chi connectivity index (χ1) is 43.7. The topological polar surface area (TPSA) is 47.9 Å². The normalized spacial score (nSPS) is 12.1. The Kier molecular flexibility index (Phi) is 10.3.